The molecule has 2 bridgehead atoms. The molecule has 172 valence electrons. The second-order valence-electron chi connectivity index (χ2n) is 9.29. The molecule has 35 heavy (non-hydrogen) atoms. The Labute approximate surface area is 202 Å². The SMILES string of the molecule is Cc1ccc([N+](=O)[O-])cc1N1C(=O)[C@@H]2[C@@H](C1=O)[C@@H]1C=C[C@@H]2C1=C(c1ccccc1)c1ccccc1. The second kappa shape index (κ2) is 7.87. The minimum absolute atomic E-state index is 0.139. The first kappa shape index (κ1) is 21.2. The molecule has 0 unspecified atom stereocenters. The van der Waals surface area contributed by atoms with Gasteiger partial charge in [0.05, 0.1) is 22.4 Å². The maximum Gasteiger partial charge on any atom is 0.271 e. The Morgan fingerprint density at radius 1 is 0.800 bits per heavy atom. The summed E-state index contributed by atoms with van der Waals surface area (Å²) in [7, 11) is 0. The van der Waals surface area contributed by atoms with E-state index in [1.807, 2.05) is 36.4 Å². The molecule has 3 aliphatic rings. The van der Waals surface area contributed by atoms with E-state index < -0.39 is 16.8 Å². The van der Waals surface area contributed by atoms with Crippen LogP contribution in [0.2, 0.25) is 0 Å². The second-order valence-corrected chi connectivity index (χ2v) is 9.29. The van der Waals surface area contributed by atoms with Gasteiger partial charge in [0.25, 0.3) is 5.69 Å². The quantitative estimate of drug-likeness (QED) is 0.227. The van der Waals surface area contributed by atoms with Crippen molar-refractivity contribution in [1.29, 1.82) is 0 Å². The van der Waals surface area contributed by atoms with Crippen molar-refractivity contribution < 1.29 is 14.5 Å². The van der Waals surface area contributed by atoms with Crippen LogP contribution in [0.15, 0.2) is 96.6 Å². The molecule has 2 aliphatic carbocycles. The van der Waals surface area contributed by atoms with Gasteiger partial charge in [-0.05, 0) is 34.8 Å². The van der Waals surface area contributed by atoms with Crippen molar-refractivity contribution in [3.8, 4) is 0 Å². The van der Waals surface area contributed by atoms with E-state index in [0.717, 1.165) is 22.3 Å². The highest BCUT2D eigenvalue weighted by molar-refractivity contribution is 6.24. The third-order valence-electron chi connectivity index (χ3n) is 7.47. The maximum absolute atomic E-state index is 13.7. The van der Waals surface area contributed by atoms with Gasteiger partial charge in [-0.1, -0.05) is 78.9 Å². The number of carbonyl (C=O) groups is 2. The van der Waals surface area contributed by atoms with Crippen LogP contribution < -0.4 is 4.90 Å². The molecule has 0 N–H and O–H groups in total. The number of allylic oxidation sites excluding steroid dienone is 3. The molecule has 4 atom stereocenters. The molecule has 1 saturated carbocycles. The zero-order valence-corrected chi connectivity index (χ0v) is 19.0. The number of hydrogen-bond donors (Lipinski definition) is 0. The zero-order valence-electron chi connectivity index (χ0n) is 19.0. The summed E-state index contributed by atoms with van der Waals surface area (Å²) in [5.74, 6) is -1.96. The Kier molecular flexibility index (Phi) is 4.78. The number of rotatable bonds is 4. The van der Waals surface area contributed by atoms with Gasteiger partial charge in [-0.25, -0.2) is 4.90 Å². The summed E-state index contributed by atoms with van der Waals surface area (Å²) in [5, 5.41) is 11.3. The van der Waals surface area contributed by atoms with Crippen molar-refractivity contribution >= 4 is 28.8 Å². The van der Waals surface area contributed by atoms with E-state index in [9.17, 15) is 19.7 Å². The molecule has 3 aromatic carbocycles. The van der Waals surface area contributed by atoms with Crippen LogP contribution >= 0.6 is 0 Å². The first-order valence-corrected chi connectivity index (χ1v) is 11.6. The summed E-state index contributed by atoms with van der Waals surface area (Å²) in [5.41, 5.74) is 5.11. The monoisotopic (exact) mass is 462 g/mol. The van der Waals surface area contributed by atoms with Crippen LogP contribution in [0.5, 0.6) is 0 Å². The average molecular weight is 463 g/mol. The fourth-order valence-electron chi connectivity index (χ4n) is 6.00. The van der Waals surface area contributed by atoms with Crippen molar-refractivity contribution in [2.75, 3.05) is 4.90 Å². The third-order valence-corrected chi connectivity index (χ3v) is 7.47. The normalized spacial score (nSPS) is 24.3. The smallest absolute Gasteiger partial charge is 0.271 e. The van der Waals surface area contributed by atoms with E-state index in [4.69, 9.17) is 0 Å². The highest BCUT2D eigenvalue weighted by Crippen LogP contribution is 2.59. The molecular weight excluding hydrogens is 440 g/mol. The predicted octanol–water partition coefficient (Wildman–Crippen LogP) is 5.33. The Balaban J connectivity index is 1.48. The molecule has 6 nitrogen and oxygen atoms in total. The number of benzene rings is 3. The van der Waals surface area contributed by atoms with Gasteiger partial charge in [0, 0.05) is 24.0 Å². The van der Waals surface area contributed by atoms with Crippen LogP contribution in [0.25, 0.3) is 5.57 Å². The van der Waals surface area contributed by atoms with Gasteiger partial charge >= 0.3 is 0 Å². The lowest BCUT2D eigenvalue weighted by Crippen LogP contribution is -2.34. The van der Waals surface area contributed by atoms with Crippen LogP contribution in [0.3, 0.4) is 0 Å². The van der Waals surface area contributed by atoms with Crippen molar-refractivity contribution in [1.82, 2.24) is 0 Å². The average Bonchev–Trinajstić information content (AvgIpc) is 3.50. The van der Waals surface area contributed by atoms with Crippen LogP contribution in [0.4, 0.5) is 11.4 Å². The first-order valence-electron chi connectivity index (χ1n) is 11.6. The van der Waals surface area contributed by atoms with Gasteiger partial charge in [-0.2, -0.15) is 0 Å². The van der Waals surface area contributed by atoms with E-state index in [1.54, 1.807) is 13.0 Å². The number of fused-ring (bicyclic) bond motifs is 5. The molecule has 2 fully saturated rings. The topological polar surface area (TPSA) is 80.5 Å². The van der Waals surface area contributed by atoms with Gasteiger partial charge in [0.1, 0.15) is 0 Å². The van der Waals surface area contributed by atoms with E-state index in [2.05, 4.69) is 36.4 Å². The number of carbonyl (C=O) groups excluding carboxylic acids is 2. The third kappa shape index (κ3) is 3.10. The van der Waals surface area contributed by atoms with Crippen LogP contribution in [0.1, 0.15) is 16.7 Å². The van der Waals surface area contributed by atoms with Crippen LogP contribution in [-0.2, 0) is 9.59 Å². The summed E-state index contributed by atoms with van der Waals surface area (Å²) in [6.45, 7) is 1.76. The molecule has 1 saturated heterocycles. The minimum Gasteiger partial charge on any atom is -0.274 e. The molecule has 6 rings (SSSR count). The molecule has 3 aromatic rings. The highest BCUT2D eigenvalue weighted by atomic mass is 16.6. The van der Waals surface area contributed by atoms with Gasteiger partial charge in [-0.3, -0.25) is 19.7 Å². The number of amides is 2. The van der Waals surface area contributed by atoms with E-state index in [-0.39, 0.29) is 29.3 Å². The fraction of sp³-hybridized carbons (Fsp3) is 0.172. The number of nitro groups is 1. The minimum atomic E-state index is -0.507. The lowest BCUT2D eigenvalue weighted by molar-refractivity contribution is -0.384. The van der Waals surface area contributed by atoms with Gasteiger partial charge < -0.3 is 0 Å². The van der Waals surface area contributed by atoms with Crippen molar-refractivity contribution in [2.24, 2.45) is 23.7 Å². The van der Waals surface area contributed by atoms with Crippen LogP contribution in [-0.4, -0.2) is 16.7 Å². The van der Waals surface area contributed by atoms with Gasteiger partial charge in [-0.15, -0.1) is 0 Å². The molecule has 6 heteroatoms. The number of anilines is 1. The summed E-state index contributed by atoms with van der Waals surface area (Å²) in [4.78, 5) is 39.5. The maximum atomic E-state index is 13.7. The summed E-state index contributed by atoms with van der Waals surface area (Å²) < 4.78 is 0. The number of hydrogen-bond acceptors (Lipinski definition) is 4. The standard InChI is InChI=1S/C29H22N2O4/c1-17-12-13-20(31(34)35)16-23(17)30-28(32)26-21-14-15-22(27(26)29(30)33)25(21)24(18-8-4-2-5-9-18)19-10-6-3-7-11-19/h2-16,21-22,26-27H,1H3/t21-,22-,26+,27+/m1/s1. The molecule has 0 spiro atoms. The number of aryl methyl sites for hydroxylation is 1. The first-order chi connectivity index (χ1) is 17.0. The zero-order chi connectivity index (χ0) is 24.3. The molecule has 0 aromatic heterocycles. The largest absolute Gasteiger partial charge is 0.274 e. The number of non-ortho nitro benzene ring substituents is 1. The Morgan fingerprint density at radius 3 is 1.80 bits per heavy atom. The molecule has 0 radical (unpaired) electrons. The summed E-state index contributed by atoms with van der Waals surface area (Å²) >= 11 is 0. The van der Waals surface area contributed by atoms with Crippen molar-refractivity contribution in [3.63, 3.8) is 0 Å². The van der Waals surface area contributed by atoms with Crippen molar-refractivity contribution in [2.45, 2.75) is 6.92 Å². The molecule has 1 aliphatic heterocycles. The number of imide groups is 1. The lowest BCUT2D eigenvalue weighted by atomic mass is 9.85. The number of nitro benzene ring substituents is 1. The predicted molar refractivity (Wildman–Crippen MR) is 132 cm³/mol. The Hall–Kier alpha value is -4.32. The van der Waals surface area contributed by atoms with Crippen molar-refractivity contribution in [3.05, 3.63) is 123 Å². The van der Waals surface area contributed by atoms with E-state index in [0.29, 0.717) is 11.3 Å². The van der Waals surface area contributed by atoms with Gasteiger partial charge in [0.15, 0.2) is 0 Å². The Bertz CT molecular complexity index is 1370. The highest BCUT2D eigenvalue weighted by Gasteiger charge is 2.62. The number of nitrogens with zero attached hydrogens (tertiary/aromatic N) is 2. The molecular formula is C29H22N2O4. The van der Waals surface area contributed by atoms with E-state index >= 15 is 0 Å². The summed E-state index contributed by atoms with van der Waals surface area (Å²) in [6.07, 6.45) is 4.12. The van der Waals surface area contributed by atoms with Crippen LogP contribution in [0, 0.1) is 40.7 Å². The lowest BCUT2D eigenvalue weighted by Gasteiger charge is -2.22. The van der Waals surface area contributed by atoms with Gasteiger partial charge in [0.2, 0.25) is 11.8 Å². The molecule has 2 amide bonds. The van der Waals surface area contributed by atoms with E-state index in [1.165, 1.54) is 17.0 Å². The Morgan fingerprint density at radius 2 is 1.31 bits per heavy atom. The summed E-state index contributed by atoms with van der Waals surface area (Å²) in [6, 6.07) is 24.5. The fourth-order valence-corrected chi connectivity index (χ4v) is 6.00. The molecule has 1 heterocycles.